The number of allylic oxidation sites excluding steroid dienone is 2. The molecule has 6 heteroatoms. The Labute approximate surface area is 146 Å². The molecule has 1 aliphatic heterocycles. The Hall–Kier alpha value is -1.98. The van der Waals surface area contributed by atoms with Crippen molar-refractivity contribution in [1.82, 2.24) is 9.80 Å². The Kier molecular flexibility index (Phi) is 5.69. The molecule has 0 spiro atoms. The predicted molar refractivity (Wildman–Crippen MR) is 95.9 cm³/mol. The lowest BCUT2D eigenvalue weighted by atomic mass is 10.1. The zero-order valence-corrected chi connectivity index (χ0v) is 14.5. The first-order valence-corrected chi connectivity index (χ1v) is 8.09. The molecule has 0 N–H and O–H groups in total. The van der Waals surface area contributed by atoms with Gasteiger partial charge in [-0.05, 0) is 49.8 Å². The molecule has 0 radical (unpaired) electrons. The third-order valence-electron chi connectivity index (χ3n) is 3.45. The number of carbonyl (C=O) groups is 2. The number of nitrogens with zero attached hydrogens (tertiary/aromatic N) is 2. The topological polar surface area (TPSA) is 40.6 Å². The third-order valence-corrected chi connectivity index (χ3v) is 4.12. The fraction of sp³-hybridized carbons (Fsp3) is 0.235. The summed E-state index contributed by atoms with van der Waals surface area (Å²) in [6.45, 7) is 4.51. The van der Waals surface area contributed by atoms with Gasteiger partial charge in [0, 0.05) is 18.1 Å². The minimum absolute atomic E-state index is 0.112. The quantitative estimate of drug-likeness (QED) is 0.476. The fourth-order valence-electron chi connectivity index (χ4n) is 2.27. The van der Waals surface area contributed by atoms with Crippen molar-refractivity contribution in [3.8, 4) is 0 Å². The summed E-state index contributed by atoms with van der Waals surface area (Å²) < 4.78 is 0. The fourth-order valence-corrected chi connectivity index (χ4v) is 2.89. The number of halogens is 1. The predicted octanol–water partition coefficient (Wildman–Crippen LogP) is 3.28. The highest BCUT2D eigenvalue weighted by molar-refractivity contribution is 7.80. The highest BCUT2D eigenvalue weighted by Gasteiger charge is 2.37. The summed E-state index contributed by atoms with van der Waals surface area (Å²) in [6.07, 6.45) is 4.99. The molecule has 1 aliphatic rings. The second-order valence-electron chi connectivity index (χ2n) is 4.88. The van der Waals surface area contributed by atoms with Gasteiger partial charge in [0.15, 0.2) is 5.11 Å². The minimum Gasteiger partial charge on any atom is -0.285 e. The van der Waals surface area contributed by atoms with Crippen LogP contribution in [0.15, 0.2) is 42.0 Å². The van der Waals surface area contributed by atoms with E-state index >= 15 is 0 Å². The zero-order valence-electron chi connectivity index (χ0n) is 13.0. The van der Waals surface area contributed by atoms with Crippen molar-refractivity contribution >= 4 is 46.8 Å². The molecule has 2 rings (SSSR count). The van der Waals surface area contributed by atoms with Crippen molar-refractivity contribution in [2.45, 2.75) is 13.8 Å². The van der Waals surface area contributed by atoms with E-state index in [0.29, 0.717) is 18.1 Å². The summed E-state index contributed by atoms with van der Waals surface area (Å²) in [5.41, 5.74) is 1.00. The zero-order chi connectivity index (χ0) is 17.0. The van der Waals surface area contributed by atoms with Crippen molar-refractivity contribution in [3.63, 3.8) is 0 Å². The number of hydrogen-bond acceptors (Lipinski definition) is 3. The summed E-state index contributed by atoms with van der Waals surface area (Å²) in [7, 11) is 0. The Morgan fingerprint density at radius 3 is 2.26 bits per heavy atom. The largest absolute Gasteiger partial charge is 0.285 e. The molecule has 0 aromatic heterocycles. The van der Waals surface area contributed by atoms with Gasteiger partial charge in [-0.1, -0.05) is 35.9 Å². The summed E-state index contributed by atoms with van der Waals surface area (Å²) in [6, 6.07) is 7.30. The molecule has 0 saturated carbocycles. The van der Waals surface area contributed by atoms with Gasteiger partial charge < -0.3 is 0 Å². The van der Waals surface area contributed by atoms with E-state index in [1.807, 2.05) is 26.0 Å². The van der Waals surface area contributed by atoms with Gasteiger partial charge in [-0.15, -0.1) is 0 Å². The van der Waals surface area contributed by atoms with E-state index < -0.39 is 0 Å². The van der Waals surface area contributed by atoms with E-state index in [9.17, 15) is 9.59 Å². The van der Waals surface area contributed by atoms with Crippen LogP contribution in [0.3, 0.4) is 0 Å². The first kappa shape index (κ1) is 17.4. The number of amides is 2. The monoisotopic (exact) mass is 348 g/mol. The van der Waals surface area contributed by atoms with Gasteiger partial charge in [-0.3, -0.25) is 19.4 Å². The smallest absolute Gasteiger partial charge is 0.265 e. The lowest BCUT2D eigenvalue weighted by molar-refractivity contribution is -0.133. The second-order valence-corrected chi connectivity index (χ2v) is 5.68. The first-order chi connectivity index (χ1) is 11.0. The molecule has 0 unspecified atom stereocenters. The lowest BCUT2D eigenvalue weighted by Crippen LogP contribution is -2.55. The van der Waals surface area contributed by atoms with Gasteiger partial charge in [0.1, 0.15) is 5.57 Å². The average Bonchev–Trinajstić information content (AvgIpc) is 2.51. The summed E-state index contributed by atoms with van der Waals surface area (Å²) in [4.78, 5) is 27.7. The van der Waals surface area contributed by atoms with Crippen LogP contribution in [-0.2, 0) is 9.59 Å². The maximum absolute atomic E-state index is 12.4. The number of hydrogen-bond donors (Lipinski definition) is 0. The maximum atomic E-state index is 12.4. The Balaban J connectivity index is 2.30. The van der Waals surface area contributed by atoms with Crippen LogP contribution in [0.4, 0.5) is 0 Å². The van der Waals surface area contributed by atoms with Crippen LogP contribution in [0.5, 0.6) is 0 Å². The number of carbonyl (C=O) groups excluding carboxylic acids is 2. The highest BCUT2D eigenvalue weighted by atomic mass is 35.5. The molecule has 1 heterocycles. The van der Waals surface area contributed by atoms with Gasteiger partial charge in [-0.2, -0.15) is 0 Å². The Morgan fingerprint density at radius 2 is 1.74 bits per heavy atom. The summed E-state index contributed by atoms with van der Waals surface area (Å²) >= 11 is 11.1. The Morgan fingerprint density at radius 1 is 1.13 bits per heavy atom. The number of thiocarbonyl (C=S) groups is 1. The molecule has 120 valence electrons. The SMILES string of the molecule is CCN1C(=O)C(=CC=Cc2cccc(Cl)c2)C(=O)N(CC)C1=S. The third kappa shape index (κ3) is 3.68. The number of likely N-dealkylation sites (N-methyl/N-ethyl adjacent to an activating group) is 2. The number of benzene rings is 1. The summed E-state index contributed by atoms with van der Waals surface area (Å²) in [5, 5.41) is 0.894. The van der Waals surface area contributed by atoms with Crippen molar-refractivity contribution in [1.29, 1.82) is 0 Å². The molecule has 1 aromatic carbocycles. The van der Waals surface area contributed by atoms with E-state index in [1.165, 1.54) is 15.9 Å². The van der Waals surface area contributed by atoms with Crippen LogP contribution in [0.2, 0.25) is 5.02 Å². The Bertz CT molecular complexity index is 684. The van der Waals surface area contributed by atoms with Crippen LogP contribution in [0.25, 0.3) is 6.08 Å². The van der Waals surface area contributed by atoms with Crippen LogP contribution in [0.1, 0.15) is 19.4 Å². The molecular formula is C17H17ClN2O2S. The molecule has 1 saturated heterocycles. The highest BCUT2D eigenvalue weighted by Crippen LogP contribution is 2.18. The molecule has 2 amide bonds. The molecule has 4 nitrogen and oxygen atoms in total. The second kappa shape index (κ2) is 7.53. The van der Waals surface area contributed by atoms with E-state index in [1.54, 1.807) is 24.3 Å². The van der Waals surface area contributed by atoms with Crippen molar-refractivity contribution in [2.24, 2.45) is 0 Å². The minimum atomic E-state index is -0.358. The molecule has 0 aliphatic carbocycles. The molecule has 1 aromatic rings. The first-order valence-electron chi connectivity index (χ1n) is 7.31. The van der Waals surface area contributed by atoms with E-state index in [0.717, 1.165) is 5.56 Å². The normalized spacial score (nSPS) is 15.8. The van der Waals surface area contributed by atoms with E-state index in [4.69, 9.17) is 23.8 Å². The molecule has 23 heavy (non-hydrogen) atoms. The van der Waals surface area contributed by atoms with Crippen LogP contribution < -0.4 is 0 Å². The standard InChI is InChI=1S/C17H17ClN2O2S/c1-3-19-15(21)14(16(22)20(4-2)17(19)23)10-6-8-12-7-5-9-13(18)11-12/h5-11H,3-4H2,1-2H3. The van der Waals surface area contributed by atoms with Crippen molar-refractivity contribution < 1.29 is 9.59 Å². The van der Waals surface area contributed by atoms with Crippen LogP contribution in [-0.4, -0.2) is 39.8 Å². The van der Waals surface area contributed by atoms with E-state index in [2.05, 4.69) is 0 Å². The van der Waals surface area contributed by atoms with Crippen molar-refractivity contribution in [3.05, 3.63) is 52.6 Å². The average molecular weight is 349 g/mol. The van der Waals surface area contributed by atoms with Crippen LogP contribution >= 0.6 is 23.8 Å². The van der Waals surface area contributed by atoms with Crippen LogP contribution in [0, 0.1) is 0 Å². The molecule has 1 fully saturated rings. The maximum Gasteiger partial charge on any atom is 0.265 e. The molecule has 0 bridgehead atoms. The molecular weight excluding hydrogens is 332 g/mol. The lowest BCUT2D eigenvalue weighted by Gasteiger charge is -2.35. The van der Waals surface area contributed by atoms with Gasteiger partial charge in [0.25, 0.3) is 11.8 Å². The van der Waals surface area contributed by atoms with Gasteiger partial charge in [0.2, 0.25) is 0 Å². The number of rotatable bonds is 4. The van der Waals surface area contributed by atoms with Crippen molar-refractivity contribution in [2.75, 3.05) is 13.1 Å². The van der Waals surface area contributed by atoms with Gasteiger partial charge >= 0.3 is 0 Å². The van der Waals surface area contributed by atoms with E-state index in [-0.39, 0.29) is 22.5 Å². The van der Waals surface area contributed by atoms with Gasteiger partial charge in [-0.25, -0.2) is 0 Å². The molecule has 0 atom stereocenters. The van der Waals surface area contributed by atoms with Gasteiger partial charge in [0.05, 0.1) is 0 Å². The summed E-state index contributed by atoms with van der Waals surface area (Å²) in [5.74, 6) is -0.717.